The Morgan fingerprint density at radius 3 is 1.79 bits per heavy atom. The smallest absolute Gasteiger partial charge is 0.335 e. The van der Waals surface area contributed by atoms with E-state index in [1.807, 2.05) is 6.92 Å². The summed E-state index contributed by atoms with van der Waals surface area (Å²) in [5.74, 6) is -0.934. The van der Waals surface area contributed by atoms with Crippen molar-refractivity contribution in [2.45, 2.75) is 6.92 Å². The molecule has 9 heteroatoms. The van der Waals surface area contributed by atoms with Gasteiger partial charge in [0.05, 0.1) is 7.11 Å². The molecular weight excluding hydrogens is 555 g/mol. The molecule has 3 aromatic rings. The summed E-state index contributed by atoms with van der Waals surface area (Å²) in [6, 6.07) is 13.7. The Labute approximate surface area is 249 Å². The van der Waals surface area contributed by atoms with Gasteiger partial charge in [-0.1, -0.05) is 50.1 Å². The van der Waals surface area contributed by atoms with Gasteiger partial charge in [-0.3, -0.25) is 9.59 Å². The van der Waals surface area contributed by atoms with Gasteiger partial charge in [-0.2, -0.15) is 0 Å². The zero-order valence-corrected chi connectivity index (χ0v) is 23.8. The second kappa shape index (κ2) is 19.3. The minimum Gasteiger partial charge on any atom is -0.497 e. The van der Waals surface area contributed by atoms with Gasteiger partial charge in [0.15, 0.2) is 0 Å². The highest BCUT2D eigenvalue weighted by Crippen LogP contribution is 2.31. The summed E-state index contributed by atoms with van der Waals surface area (Å²) in [7, 11) is 1.47. The molecule has 43 heavy (non-hydrogen) atoms. The van der Waals surface area contributed by atoms with Crippen molar-refractivity contribution >= 4 is 36.8 Å². The summed E-state index contributed by atoms with van der Waals surface area (Å²) in [5.41, 5.74) is 1.80. The maximum Gasteiger partial charge on any atom is 0.335 e. The molecule has 0 amide bonds. The molecule has 0 unspecified atom stereocenters. The molecule has 0 N–H and O–H groups in total. The molecule has 0 bridgehead atoms. The lowest BCUT2D eigenvalue weighted by atomic mass is 10.0. The average molecular weight is 587 g/mol. The lowest BCUT2D eigenvalue weighted by molar-refractivity contribution is -0.129. The molecule has 3 aromatic carbocycles. The normalized spacial score (nSPS) is 9.47. The van der Waals surface area contributed by atoms with Crippen LogP contribution in [0.25, 0.3) is 23.3 Å². The molecule has 0 aromatic heterocycles. The van der Waals surface area contributed by atoms with Crippen molar-refractivity contribution in [3.05, 3.63) is 122 Å². The zero-order chi connectivity index (χ0) is 32.2. The van der Waals surface area contributed by atoms with E-state index in [1.165, 1.54) is 43.5 Å². The zero-order valence-electron chi connectivity index (χ0n) is 23.8. The van der Waals surface area contributed by atoms with Gasteiger partial charge < -0.3 is 18.9 Å². The van der Waals surface area contributed by atoms with Gasteiger partial charge in [-0.25, -0.2) is 14.0 Å². The standard InChI is InChI=1S/C28H21FO7.C3H4O.C3H6/c1-4-27(31)35-24-11-18(10-22(15-24)33-3)6-7-19-8-9-20(14-26(19)29)21-12-23(34-17-30)16-25(13-21)36-28(32)5-2;1-2-3-4;1-3-2/h4-17H,1-2H2,3H3;2-3H,1H2;3H,1H2,2H3/b7-6+;;. The van der Waals surface area contributed by atoms with E-state index in [9.17, 15) is 18.8 Å². The maximum atomic E-state index is 15.0. The summed E-state index contributed by atoms with van der Waals surface area (Å²) < 4.78 is 35.3. The fraction of sp³-hybridized carbons (Fsp3) is 0.0588. The first-order valence-electron chi connectivity index (χ1n) is 12.4. The van der Waals surface area contributed by atoms with Crippen LogP contribution in [0.4, 0.5) is 4.39 Å². The molecule has 0 aliphatic carbocycles. The predicted octanol–water partition coefficient (Wildman–Crippen LogP) is 6.95. The number of carbonyl (C=O) groups is 4. The lowest BCUT2D eigenvalue weighted by Crippen LogP contribution is -2.03. The van der Waals surface area contributed by atoms with Crippen LogP contribution < -0.4 is 18.9 Å². The molecule has 0 heterocycles. The Hall–Kier alpha value is -5.83. The summed E-state index contributed by atoms with van der Waals surface area (Å²) in [5, 5.41) is 0. The van der Waals surface area contributed by atoms with E-state index < -0.39 is 17.8 Å². The Kier molecular flexibility index (Phi) is 15.8. The van der Waals surface area contributed by atoms with Crippen molar-refractivity contribution in [2.24, 2.45) is 0 Å². The fourth-order valence-electron chi connectivity index (χ4n) is 3.13. The number of benzene rings is 3. The second-order valence-electron chi connectivity index (χ2n) is 7.95. The molecule has 0 aliphatic heterocycles. The highest BCUT2D eigenvalue weighted by atomic mass is 19.1. The average Bonchev–Trinajstić information content (AvgIpc) is 3.00. The number of hydrogen-bond donors (Lipinski definition) is 0. The summed E-state index contributed by atoms with van der Waals surface area (Å²) >= 11 is 0. The molecule has 3 rings (SSSR count). The van der Waals surface area contributed by atoms with Crippen LogP contribution in [0.3, 0.4) is 0 Å². The minimum absolute atomic E-state index is 0.101. The fourth-order valence-corrected chi connectivity index (χ4v) is 3.13. The first kappa shape index (κ1) is 35.2. The lowest BCUT2D eigenvalue weighted by Gasteiger charge is -2.10. The van der Waals surface area contributed by atoms with Crippen molar-refractivity contribution in [3.8, 4) is 34.1 Å². The Morgan fingerprint density at radius 2 is 1.28 bits per heavy atom. The van der Waals surface area contributed by atoms with Crippen LogP contribution >= 0.6 is 0 Å². The van der Waals surface area contributed by atoms with Crippen LogP contribution in [0.1, 0.15) is 18.1 Å². The van der Waals surface area contributed by atoms with E-state index in [0.717, 1.165) is 12.2 Å². The van der Waals surface area contributed by atoms with Gasteiger partial charge in [0.25, 0.3) is 6.47 Å². The van der Waals surface area contributed by atoms with Crippen molar-refractivity contribution in [1.29, 1.82) is 0 Å². The van der Waals surface area contributed by atoms with Crippen molar-refractivity contribution in [3.63, 3.8) is 0 Å². The second-order valence-corrected chi connectivity index (χ2v) is 7.95. The third kappa shape index (κ3) is 12.5. The van der Waals surface area contributed by atoms with Crippen molar-refractivity contribution < 1.29 is 42.5 Å². The first-order valence-corrected chi connectivity index (χ1v) is 12.4. The van der Waals surface area contributed by atoms with Crippen molar-refractivity contribution in [2.75, 3.05) is 7.11 Å². The minimum atomic E-state index is -0.698. The Morgan fingerprint density at radius 1 is 0.744 bits per heavy atom. The largest absolute Gasteiger partial charge is 0.497 e. The molecule has 0 fully saturated rings. The molecule has 0 atom stereocenters. The van der Waals surface area contributed by atoms with Crippen LogP contribution in [0.2, 0.25) is 0 Å². The van der Waals surface area contributed by atoms with E-state index in [0.29, 0.717) is 28.7 Å². The van der Waals surface area contributed by atoms with E-state index in [1.54, 1.807) is 42.5 Å². The number of carbonyl (C=O) groups excluding carboxylic acids is 4. The third-order valence-electron chi connectivity index (χ3n) is 4.86. The number of ether oxygens (including phenoxy) is 4. The number of methoxy groups -OCH3 is 1. The van der Waals surface area contributed by atoms with E-state index in [4.69, 9.17) is 23.7 Å². The number of esters is 2. The summed E-state index contributed by atoms with van der Waals surface area (Å²) in [6.07, 6.45) is 8.80. The van der Waals surface area contributed by atoms with Crippen LogP contribution in [0, 0.1) is 5.82 Å². The van der Waals surface area contributed by atoms with Crippen LogP contribution in [0.5, 0.6) is 23.0 Å². The summed E-state index contributed by atoms with van der Waals surface area (Å²) in [4.78, 5) is 42.9. The Balaban J connectivity index is 0.00000119. The monoisotopic (exact) mass is 586 g/mol. The molecule has 0 saturated carbocycles. The van der Waals surface area contributed by atoms with Gasteiger partial charge in [0.1, 0.15) is 35.1 Å². The SMILES string of the molecule is C=CC.C=CC(=O)Oc1cc(/C=C/c2ccc(-c3cc(OC=O)cc(OC(=O)C=C)c3)cc2F)cc(OC)c1.C=CC=O. The Bertz CT molecular complexity index is 1500. The molecule has 0 aliphatic rings. The number of rotatable bonds is 11. The molecule has 222 valence electrons. The number of hydrogen-bond acceptors (Lipinski definition) is 8. The predicted molar refractivity (Wildman–Crippen MR) is 164 cm³/mol. The molecule has 0 saturated heterocycles. The van der Waals surface area contributed by atoms with Gasteiger partial charge in [0, 0.05) is 29.8 Å². The maximum absolute atomic E-state index is 15.0. The number of halogens is 1. The van der Waals surface area contributed by atoms with Crippen molar-refractivity contribution in [1.82, 2.24) is 0 Å². The van der Waals surface area contributed by atoms with Gasteiger partial charge in [-0.15, -0.1) is 6.58 Å². The summed E-state index contributed by atoms with van der Waals surface area (Å²) in [6.45, 7) is 15.3. The van der Waals surface area contributed by atoms with Gasteiger partial charge in [-0.05, 0) is 60.0 Å². The highest BCUT2D eigenvalue weighted by Gasteiger charge is 2.10. The molecular formula is C34H31FO8. The van der Waals surface area contributed by atoms with E-state index >= 15 is 0 Å². The quantitative estimate of drug-likeness (QED) is 0.0593. The molecule has 0 spiro atoms. The molecule has 0 radical (unpaired) electrons. The van der Waals surface area contributed by atoms with Crippen LogP contribution in [0.15, 0.2) is 105 Å². The third-order valence-corrected chi connectivity index (χ3v) is 4.86. The van der Waals surface area contributed by atoms with Crippen LogP contribution in [-0.2, 0) is 19.2 Å². The topological polar surface area (TPSA) is 105 Å². The number of allylic oxidation sites excluding steroid dienone is 2. The van der Waals surface area contributed by atoms with E-state index in [-0.39, 0.29) is 29.3 Å². The molecule has 8 nitrogen and oxygen atoms in total. The highest BCUT2D eigenvalue weighted by molar-refractivity contribution is 5.84. The van der Waals surface area contributed by atoms with E-state index in [2.05, 4.69) is 26.3 Å². The van der Waals surface area contributed by atoms with Crippen LogP contribution in [-0.4, -0.2) is 31.8 Å². The first-order chi connectivity index (χ1) is 20.7. The van der Waals surface area contributed by atoms with Gasteiger partial charge in [0.2, 0.25) is 0 Å². The van der Waals surface area contributed by atoms with Gasteiger partial charge >= 0.3 is 11.9 Å². The number of aldehydes is 1.